The van der Waals surface area contributed by atoms with Gasteiger partial charge in [0, 0.05) is 36.7 Å². The predicted octanol–water partition coefficient (Wildman–Crippen LogP) is 4.18. The van der Waals surface area contributed by atoms with Crippen LogP contribution in [0.3, 0.4) is 0 Å². The lowest BCUT2D eigenvalue weighted by atomic mass is 10.1. The van der Waals surface area contributed by atoms with Gasteiger partial charge in [-0.3, -0.25) is 9.59 Å². The average molecular weight is 379 g/mol. The molecular formula is C19H20ClFN2O3. The topological polar surface area (TPSA) is 58.6 Å². The SMILES string of the molecule is COc1cc(Cl)c(C)cc1N(CCC(=O)Nc1ccc(F)cc1)C(C)=O. The number of aryl methyl sites for hydroxylation is 1. The number of ether oxygens (including phenoxy) is 1. The third kappa shape index (κ3) is 4.95. The predicted molar refractivity (Wildman–Crippen MR) is 100 cm³/mol. The van der Waals surface area contributed by atoms with Crippen LogP contribution in [0.15, 0.2) is 36.4 Å². The van der Waals surface area contributed by atoms with Crippen molar-refractivity contribution < 1.29 is 18.7 Å². The van der Waals surface area contributed by atoms with Crippen molar-refractivity contribution in [1.82, 2.24) is 0 Å². The first-order valence-corrected chi connectivity index (χ1v) is 8.37. The summed E-state index contributed by atoms with van der Waals surface area (Å²) in [5, 5.41) is 3.20. The zero-order valence-electron chi connectivity index (χ0n) is 14.8. The molecule has 0 aliphatic carbocycles. The number of nitrogens with one attached hydrogen (secondary N) is 1. The van der Waals surface area contributed by atoms with Crippen molar-refractivity contribution in [3.8, 4) is 5.75 Å². The van der Waals surface area contributed by atoms with Gasteiger partial charge in [0.25, 0.3) is 0 Å². The number of carbonyl (C=O) groups is 2. The number of halogens is 2. The minimum atomic E-state index is -0.379. The fourth-order valence-corrected chi connectivity index (χ4v) is 2.59. The normalized spacial score (nSPS) is 10.3. The van der Waals surface area contributed by atoms with Crippen LogP contribution in [0.4, 0.5) is 15.8 Å². The van der Waals surface area contributed by atoms with Gasteiger partial charge < -0.3 is 15.0 Å². The highest BCUT2D eigenvalue weighted by Crippen LogP contribution is 2.34. The van der Waals surface area contributed by atoms with Gasteiger partial charge in [-0.2, -0.15) is 0 Å². The molecule has 0 radical (unpaired) electrons. The molecule has 0 unspecified atom stereocenters. The van der Waals surface area contributed by atoms with Crippen molar-refractivity contribution in [2.24, 2.45) is 0 Å². The second-order valence-electron chi connectivity index (χ2n) is 5.75. The molecule has 2 aromatic carbocycles. The maximum Gasteiger partial charge on any atom is 0.226 e. The number of benzene rings is 2. The number of methoxy groups -OCH3 is 1. The molecule has 138 valence electrons. The lowest BCUT2D eigenvalue weighted by Crippen LogP contribution is -2.32. The van der Waals surface area contributed by atoms with Crippen LogP contribution in [-0.4, -0.2) is 25.5 Å². The van der Waals surface area contributed by atoms with Gasteiger partial charge in [-0.1, -0.05) is 11.6 Å². The van der Waals surface area contributed by atoms with Gasteiger partial charge in [0.05, 0.1) is 12.8 Å². The molecule has 0 aliphatic rings. The average Bonchev–Trinajstić information content (AvgIpc) is 2.59. The highest BCUT2D eigenvalue weighted by atomic mass is 35.5. The van der Waals surface area contributed by atoms with Crippen LogP contribution >= 0.6 is 11.6 Å². The van der Waals surface area contributed by atoms with Crippen molar-refractivity contribution >= 4 is 34.8 Å². The Balaban J connectivity index is 2.11. The lowest BCUT2D eigenvalue weighted by Gasteiger charge is -2.24. The van der Waals surface area contributed by atoms with Gasteiger partial charge >= 0.3 is 0 Å². The minimum absolute atomic E-state index is 0.0712. The molecule has 0 saturated heterocycles. The molecule has 7 heteroatoms. The minimum Gasteiger partial charge on any atom is -0.495 e. The Hall–Kier alpha value is -2.60. The molecule has 0 fully saturated rings. The van der Waals surface area contributed by atoms with Gasteiger partial charge in [-0.15, -0.1) is 0 Å². The maximum absolute atomic E-state index is 12.9. The first kappa shape index (κ1) is 19.7. The molecule has 0 aromatic heterocycles. The molecule has 0 aliphatic heterocycles. The van der Waals surface area contributed by atoms with E-state index >= 15 is 0 Å². The van der Waals surface area contributed by atoms with Crippen LogP contribution in [0.25, 0.3) is 0 Å². The summed E-state index contributed by atoms with van der Waals surface area (Å²) in [5.74, 6) is -0.433. The Morgan fingerprint density at radius 2 is 1.88 bits per heavy atom. The van der Waals surface area contributed by atoms with Gasteiger partial charge in [0.1, 0.15) is 11.6 Å². The molecule has 5 nitrogen and oxygen atoms in total. The van der Waals surface area contributed by atoms with Gasteiger partial charge in [-0.05, 0) is 42.8 Å². The quantitative estimate of drug-likeness (QED) is 0.820. The monoisotopic (exact) mass is 378 g/mol. The fraction of sp³-hybridized carbons (Fsp3) is 0.263. The molecule has 26 heavy (non-hydrogen) atoms. The van der Waals surface area contributed by atoms with Gasteiger partial charge in [-0.25, -0.2) is 4.39 Å². The highest BCUT2D eigenvalue weighted by Gasteiger charge is 2.19. The van der Waals surface area contributed by atoms with Gasteiger partial charge in [0.2, 0.25) is 11.8 Å². The van der Waals surface area contributed by atoms with Crippen molar-refractivity contribution in [3.63, 3.8) is 0 Å². The Morgan fingerprint density at radius 1 is 1.23 bits per heavy atom. The number of hydrogen-bond donors (Lipinski definition) is 1. The zero-order valence-corrected chi connectivity index (χ0v) is 15.6. The molecule has 0 heterocycles. The molecule has 1 N–H and O–H groups in total. The molecule has 2 amide bonds. The summed E-state index contributed by atoms with van der Waals surface area (Å²) in [7, 11) is 1.49. The van der Waals surface area contributed by atoms with E-state index in [1.54, 1.807) is 12.1 Å². The Morgan fingerprint density at radius 3 is 2.46 bits per heavy atom. The summed E-state index contributed by atoms with van der Waals surface area (Å²) >= 11 is 6.10. The van der Waals surface area contributed by atoms with Gasteiger partial charge in [0.15, 0.2) is 0 Å². The molecule has 0 saturated carbocycles. The van der Waals surface area contributed by atoms with E-state index in [0.29, 0.717) is 22.1 Å². The molecule has 0 atom stereocenters. The zero-order chi connectivity index (χ0) is 19.3. The number of carbonyl (C=O) groups excluding carboxylic acids is 2. The summed E-state index contributed by atoms with van der Waals surface area (Å²) in [6.45, 7) is 3.41. The molecule has 2 aromatic rings. The van der Waals surface area contributed by atoms with Crippen molar-refractivity contribution in [2.75, 3.05) is 23.9 Å². The fourth-order valence-electron chi connectivity index (χ4n) is 2.44. The smallest absolute Gasteiger partial charge is 0.226 e. The molecule has 0 spiro atoms. The number of anilines is 2. The summed E-state index contributed by atoms with van der Waals surface area (Å²) in [6, 6.07) is 8.86. The number of rotatable bonds is 6. The van der Waals surface area contributed by atoms with Crippen LogP contribution in [0, 0.1) is 12.7 Å². The summed E-state index contributed by atoms with van der Waals surface area (Å²) in [4.78, 5) is 25.7. The van der Waals surface area contributed by atoms with Crippen LogP contribution < -0.4 is 15.0 Å². The van der Waals surface area contributed by atoms with E-state index in [1.165, 1.54) is 43.2 Å². The third-order valence-electron chi connectivity index (χ3n) is 3.82. The highest BCUT2D eigenvalue weighted by molar-refractivity contribution is 6.31. The maximum atomic E-state index is 12.9. The van der Waals surface area contributed by atoms with E-state index in [4.69, 9.17) is 16.3 Å². The Bertz CT molecular complexity index is 809. The summed E-state index contributed by atoms with van der Waals surface area (Å²) < 4.78 is 18.2. The van der Waals surface area contributed by atoms with Crippen LogP contribution in [0.2, 0.25) is 5.02 Å². The number of amides is 2. The molecule has 2 rings (SSSR count). The summed E-state index contributed by atoms with van der Waals surface area (Å²) in [6.07, 6.45) is 0.0712. The second kappa shape index (κ2) is 8.67. The van der Waals surface area contributed by atoms with E-state index in [-0.39, 0.29) is 30.6 Å². The standard InChI is InChI=1S/C19H20ClFN2O3/c1-12-10-17(18(26-3)11-16(12)20)23(13(2)24)9-8-19(25)22-15-6-4-14(21)5-7-15/h4-7,10-11H,8-9H2,1-3H3,(H,22,25). The number of hydrogen-bond acceptors (Lipinski definition) is 3. The van der Waals surface area contributed by atoms with E-state index in [0.717, 1.165) is 5.56 Å². The van der Waals surface area contributed by atoms with Crippen molar-refractivity contribution in [3.05, 3.63) is 52.8 Å². The van der Waals surface area contributed by atoms with Crippen LogP contribution in [0.5, 0.6) is 5.75 Å². The molecular weight excluding hydrogens is 359 g/mol. The van der Waals surface area contributed by atoms with Crippen molar-refractivity contribution in [2.45, 2.75) is 20.3 Å². The molecule has 0 bridgehead atoms. The third-order valence-corrected chi connectivity index (χ3v) is 4.23. The van der Waals surface area contributed by atoms with Crippen LogP contribution in [0.1, 0.15) is 18.9 Å². The Kier molecular flexibility index (Phi) is 6.58. The van der Waals surface area contributed by atoms with E-state index in [1.807, 2.05) is 6.92 Å². The number of nitrogens with zero attached hydrogens (tertiary/aromatic N) is 1. The van der Waals surface area contributed by atoms with E-state index in [9.17, 15) is 14.0 Å². The first-order chi connectivity index (χ1) is 12.3. The largest absolute Gasteiger partial charge is 0.495 e. The second-order valence-corrected chi connectivity index (χ2v) is 6.16. The van der Waals surface area contributed by atoms with E-state index < -0.39 is 0 Å². The Labute approximate surface area is 156 Å². The van der Waals surface area contributed by atoms with E-state index in [2.05, 4.69) is 5.32 Å². The van der Waals surface area contributed by atoms with Crippen molar-refractivity contribution in [1.29, 1.82) is 0 Å². The lowest BCUT2D eigenvalue weighted by molar-refractivity contribution is -0.117. The summed E-state index contributed by atoms with van der Waals surface area (Å²) in [5.41, 5.74) is 1.84. The van der Waals surface area contributed by atoms with Crippen LogP contribution in [-0.2, 0) is 9.59 Å². The first-order valence-electron chi connectivity index (χ1n) is 7.99.